The van der Waals surface area contributed by atoms with Gasteiger partial charge < -0.3 is 0 Å². The molecule has 0 spiro atoms. The minimum atomic E-state index is 0.263. The normalized spacial score (nSPS) is 39.8. The minimum Gasteiger partial charge on any atom is -0.292 e. The van der Waals surface area contributed by atoms with E-state index in [9.17, 15) is 4.79 Å². The van der Waals surface area contributed by atoms with Crippen LogP contribution in [0.3, 0.4) is 0 Å². The van der Waals surface area contributed by atoms with Crippen LogP contribution in [0.2, 0.25) is 0 Å². The lowest BCUT2D eigenvalue weighted by atomic mass is 9.51. The van der Waals surface area contributed by atoms with Gasteiger partial charge in [-0.3, -0.25) is 9.48 Å². The van der Waals surface area contributed by atoms with Crippen molar-refractivity contribution in [3.63, 3.8) is 0 Å². The Bertz CT molecular complexity index is 489. The molecular formula is C15H19BrN2O. The Morgan fingerprint density at radius 3 is 2.26 bits per heavy atom. The molecular weight excluding hydrogens is 304 g/mol. The molecule has 0 N–H and O–H groups in total. The summed E-state index contributed by atoms with van der Waals surface area (Å²) >= 11 is 3.48. The summed E-state index contributed by atoms with van der Waals surface area (Å²) in [5, 5.41) is 4.20. The molecule has 1 heterocycles. The minimum absolute atomic E-state index is 0.263. The van der Waals surface area contributed by atoms with E-state index in [0.717, 1.165) is 22.0 Å². The van der Waals surface area contributed by atoms with E-state index < -0.39 is 0 Å². The number of hydrogen-bond donors (Lipinski definition) is 0. The van der Waals surface area contributed by atoms with Gasteiger partial charge in [-0.1, -0.05) is 0 Å². The van der Waals surface area contributed by atoms with Crippen LogP contribution >= 0.6 is 15.9 Å². The molecule has 0 aromatic carbocycles. The van der Waals surface area contributed by atoms with Crippen LogP contribution in [0.1, 0.15) is 42.6 Å². The molecule has 0 aliphatic heterocycles. The Kier molecular flexibility index (Phi) is 2.66. The number of carbonyl (C=O) groups excluding carboxylic acids is 1. The maximum Gasteiger partial charge on any atom is 0.185 e. The third-order valence-corrected chi connectivity index (χ3v) is 6.24. The van der Waals surface area contributed by atoms with Gasteiger partial charge in [0.15, 0.2) is 5.78 Å². The maximum atomic E-state index is 12.9. The van der Waals surface area contributed by atoms with Crippen molar-refractivity contribution in [3.8, 4) is 0 Å². The van der Waals surface area contributed by atoms with Gasteiger partial charge in [-0.2, -0.15) is 5.10 Å². The number of ketones is 1. The average Bonchev–Trinajstić information content (AvgIpc) is 2.67. The molecule has 4 fully saturated rings. The Labute approximate surface area is 121 Å². The highest BCUT2D eigenvalue weighted by atomic mass is 79.9. The third kappa shape index (κ3) is 1.75. The standard InChI is InChI=1S/C15H19BrN2O/c1-18-14(12(16)7-17-18)15(19)13-10-3-8-2-9(5-10)6-11(13)4-8/h7-11,13H,2-6H2,1H3. The van der Waals surface area contributed by atoms with Crippen LogP contribution in [0.15, 0.2) is 10.7 Å². The fourth-order valence-corrected chi connectivity index (χ4v) is 5.74. The van der Waals surface area contributed by atoms with Crippen LogP contribution in [0, 0.1) is 29.6 Å². The zero-order valence-electron chi connectivity index (χ0n) is 11.2. The van der Waals surface area contributed by atoms with Crippen molar-refractivity contribution in [1.29, 1.82) is 0 Å². The Morgan fingerprint density at radius 2 is 1.79 bits per heavy atom. The molecule has 1 aromatic heterocycles. The molecule has 4 heteroatoms. The number of nitrogens with zero attached hydrogens (tertiary/aromatic N) is 2. The molecule has 1 aromatic rings. The van der Waals surface area contributed by atoms with Gasteiger partial charge in [0, 0.05) is 13.0 Å². The first-order valence-corrected chi connectivity index (χ1v) is 8.14. The van der Waals surface area contributed by atoms with Gasteiger partial charge in [-0.05, 0) is 71.7 Å². The lowest BCUT2D eigenvalue weighted by Gasteiger charge is -2.53. The number of halogens is 1. The highest BCUT2D eigenvalue weighted by molar-refractivity contribution is 9.10. The first-order chi connectivity index (χ1) is 9.13. The van der Waals surface area contributed by atoms with Gasteiger partial charge in [-0.25, -0.2) is 0 Å². The third-order valence-electron chi connectivity index (χ3n) is 5.66. The van der Waals surface area contributed by atoms with Crippen molar-refractivity contribution < 1.29 is 4.79 Å². The fraction of sp³-hybridized carbons (Fsp3) is 0.733. The molecule has 0 radical (unpaired) electrons. The van der Waals surface area contributed by atoms with Crippen LogP contribution in [-0.2, 0) is 7.05 Å². The van der Waals surface area contributed by atoms with E-state index in [1.807, 2.05) is 7.05 Å². The fourth-order valence-electron chi connectivity index (χ4n) is 5.20. The van der Waals surface area contributed by atoms with Crippen molar-refractivity contribution in [2.45, 2.75) is 32.1 Å². The van der Waals surface area contributed by atoms with Gasteiger partial charge in [0.2, 0.25) is 0 Å². The number of Topliss-reactive ketones (excluding diaryl/α,β-unsaturated/α-hetero) is 1. The van der Waals surface area contributed by atoms with E-state index in [2.05, 4.69) is 21.0 Å². The van der Waals surface area contributed by atoms with Crippen LogP contribution in [-0.4, -0.2) is 15.6 Å². The monoisotopic (exact) mass is 322 g/mol. The van der Waals surface area contributed by atoms with Crippen LogP contribution in [0.25, 0.3) is 0 Å². The average molecular weight is 323 g/mol. The van der Waals surface area contributed by atoms with Crippen LogP contribution in [0.4, 0.5) is 0 Å². The Balaban J connectivity index is 1.68. The van der Waals surface area contributed by atoms with Crippen molar-refractivity contribution in [3.05, 3.63) is 16.4 Å². The van der Waals surface area contributed by atoms with E-state index in [1.54, 1.807) is 10.9 Å². The van der Waals surface area contributed by atoms with Gasteiger partial charge in [0.1, 0.15) is 5.69 Å². The second kappa shape index (κ2) is 4.18. The summed E-state index contributed by atoms with van der Waals surface area (Å²) < 4.78 is 2.59. The lowest BCUT2D eigenvalue weighted by Crippen LogP contribution is -2.48. The second-order valence-electron chi connectivity index (χ2n) is 6.79. The number of carbonyl (C=O) groups is 1. The number of aryl methyl sites for hydroxylation is 1. The van der Waals surface area contributed by atoms with Crippen LogP contribution < -0.4 is 0 Å². The summed E-state index contributed by atoms with van der Waals surface area (Å²) in [6, 6.07) is 0. The van der Waals surface area contributed by atoms with Crippen molar-refractivity contribution in [2.75, 3.05) is 0 Å². The molecule has 19 heavy (non-hydrogen) atoms. The predicted octanol–water partition coefficient (Wildman–Crippen LogP) is 3.44. The summed E-state index contributed by atoms with van der Waals surface area (Å²) in [5.41, 5.74) is 0.775. The Hall–Kier alpha value is -0.640. The SMILES string of the molecule is Cn1ncc(Br)c1C(=O)C1C2CC3CC(C2)CC1C3. The zero-order valence-corrected chi connectivity index (χ0v) is 12.8. The largest absolute Gasteiger partial charge is 0.292 e. The number of rotatable bonds is 2. The maximum absolute atomic E-state index is 12.9. The van der Waals surface area contributed by atoms with Crippen molar-refractivity contribution >= 4 is 21.7 Å². The van der Waals surface area contributed by atoms with E-state index in [4.69, 9.17) is 0 Å². The molecule has 4 bridgehead atoms. The highest BCUT2D eigenvalue weighted by Gasteiger charge is 2.51. The summed E-state index contributed by atoms with van der Waals surface area (Å²) in [7, 11) is 1.87. The van der Waals surface area contributed by atoms with Crippen LogP contribution in [0.5, 0.6) is 0 Å². The summed E-state index contributed by atoms with van der Waals surface area (Å²) in [4.78, 5) is 12.9. The molecule has 5 rings (SSSR count). The highest BCUT2D eigenvalue weighted by Crippen LogP contribution is 2.57. The Morgan fingerprint density at radius 1 is 1.21 bits per heavy atom. The molecule has 0 atom stereocenters. The van der Waals surface area contributed by atoms with Crippen molar-refractivity contribution in [1.82, 2.24) is 9.78 Å². The van der Waals surface area contributed by atoms with E-state index in [-0.39, 0.29) is 5.92 Å². The quantitative estimate of drug-likeness (QED) is 0.782. The summed E-state index contributed by atoms with van der Waals surface area (Å²) in [6.45, 7) is 0. The molecule has 0 saturated heterocycles. The van der Waals surface area contributed by atoms with E-state index in [0.29, 0.717) is 17.6 Å². The number of hydrogen-bond acceptors (Lipinski definition) is 2. The zero-order chi connectivity index (χ0) is 13.1. The van der Waals surface area contributed by atoms with Crippen molar-refractivity contribution in [2.24, 2.45) is 36.6 Å². The molecule has 0 amide bonds. The smallest absolute Gasteiger partial charge is 0.185 e. The first kappa shape index (κ1) is 12.1. The van der Waals surface area contributed by atoms with E-state index in [1.165, 1.54) is 32.1 Å². The topological polar surface area (TPSA) is 34.9 Å². The first-order valence-electron chi connectivity index (χ1n) is 7.35. The van der Waals surface area contributed by atoms with E-state index >= 15 is 0 Å². The molecule has 0 unspecified atom stereocenters. The lowest BCUT2D eigenvalue weighted by molar-refractivity contribution is -0.0255. The molecule has 3 nitrogen and oxygen atoms in total. The van der Waals surface area contributed by atoms with Gasteiger partial charge in [0.25, 0.3) is 0 Å². The summed E-state index contributed by atoms with van der Waals surface area (Å²) in [5.74, 6) is 3.72. The van der Waals surface area contributed by atoms with Gasteiger partial charge >= 0.3 is 0 Å². The van der Waals surface area contributed by atoms with Gasteiger partial charge in [0.05, 0.1) is 10.7 Å². The number of aromatic nitrogens is 2. The molecule has 4 aliphatic rings. The second-order valence-corrected chi connectivity index (χ2v) is 7.64. The van der Waals surface area contributed by atoms with Gasteiger partial charge in [-0.15, -0.1) is 0 Å². The summed E-state index contributed by atoms with van der Waals surface area (Å²) in [6.07, 6.45) is 8.34. The molecule has 4 saturated carbocycles. The molecule has 102 valence electrons. The predicted molar refractivity (Wildman–Crippen MR) is 75.8 cm³/mol. The molecule has 4 aliphatic carbocycles.